The average molecular weight is 1040 g/mol. The van der Waals surface area contributed by atoms with Crippen molar-refractivity contribution in [3.63, 3.8) is 0 Å². The summed E-state index contributed by atoms with van der Waals surface area (Å²) in [6, 6.07) is 3.72. The first-order chi connectivity index (χ1) is 35.7. The molecule has 74 heavy (non-hydrogen) atoms. The molecule has 1 aromatic carbocycles. The number of quaternary nitrogens is 2. The number of carbonyl (C=O) groups is 7. The van der Waals surface area contributed by atoms with Crippen LogP contribution in [0.4, 0.5) is 0 Å². The lowest BCUT2D eigenvalue weighted by Gasteiger charge is -2.27. The molecule has 412 valence electrons. The van der Waals surface area contributed by atoms with Crippen molar-refractivity contribution in [2.45, 2.75) is 129 Å². The fourth-order valence-corrected chi connectivity index (χ4v) is 7.46. The van der Waals surface area contributed by atoms with Gasteiger partial charge in [0.15, 0.2) is 0 Å². The normalized spacial score (nSPS) is 12.8. The number of nitrogens with one attached hydrogen (secondary N) is 9. The van der Waals surface area contributed by atoms with Crippen molar-refractivity contribution in [3.8, 4) is 0 Å². The van der Waals surface area contributed by atoms with Gasteiger partial charge in [-0.15, -0.1) is 10.2 Å². The Balaban J connectivity index is 1.71. The smallest absolute Gasteiger partial charge is 0.243 e. The number of ether oxygens (including phenoxy) is 1. The fraction of sp³-hybridized carbons (Fsp3) is 0.653. The van der Waals surface area contributed by atoms with E-state index >= 15 is 0 Å². The topological polar surface area (TPSA) is 354 Å². The molecule has 0 fully saturated rings. The molecular formula is C49H85N17O8+2. The van der Waals surface area contributed by atoms with E-state index in [0.717, 1.165) is 18.5 Å². The maximum absolute atomic E-state index is 14.4. The van der Waals surface area contributed by atoms with E-state index in [1.54, 1.807) is 39.7 Å². The summed E-state index contributed by atoms with van der Waals surface area (Å²) in [5, 5.41) is 42.0. The summed E-state index contributed by atoms with van der Waals surface area (Å²) in [6.07, 6.45) is 6.49. The number of rotatable bonds is 40. The Labute approximate surface area is 434 Å². The monoisotopic (exact) mass is 1040 g/mol. The molecule has 0 aliphatic carbocycles. The van der Waals surface area contributed by atoms with Gasteiger partial charge in [-0.05, 0) is 43.6 Å². The van der Waals surface area contributed by atoms with E-state index in [1.807, 2.05) is 33.2 Å². The fourth-order valence-electron chi connectivity index (χ4n) is 7.46. The Bertz CT molecular complexity index is 2120. The van der Waals surface area contributed by atoms with Crippen LogP contribution in [0, 0.1) is 5.92 Å². The zero-order chi connectivity index (χ0) is 53.9. The number of nitrogens with zero attached hydrogens (tertiary/aromatic N) is 6. The molecule has 3 rings (SSSR count). The molecule has 15 N–H and O–H groups in total. The molecule has 0 aliphatic rings. The molecule has 0 aliphatic heterocycles. The molecule has 3 aromatic rings. The second kappa shape index (κ2) is 36.5. The molecule has 0 unspecified atom stereocenters. The highest BCUT2D eigenvalue weighted by Crippen LogP contribution is 2.11. The molecule has 25 heteroatoms. The molecule has 25 nitrogen and oxygen atoms in total. The summed E-state index contributed by atoms with van der Waals surface area (Å²) in [6.45, 7) is 14.0. The van der Waals surface area contributed by atoms with Gasteiger partial charge in [0.1, 0.15) is 24.2 Å². The van der Waals surface area contributed by atoms with Crippen molar-refractivity contribution in [1.82, 2.24) is 77.8 Å². The first-order valence-corrected chi connectivity index (χ1v) is 26.2. The van der Waals surface area contributed by atoms with Crippen LogP contribution in [-0.4, -0.2) is 168 Å². The summed E-state index contributed by atoms with van der Waals surface area (Å²) in [5.41, 5.74) is 9.89. The van der Waals surface area contributed by atoms with Gasteiger partial charge in [0, 0.05) is 71.0 Å². The lowest BCUT2D eigenvalue weighted by atomic mass is 10.0. The molecule has 4 atom stereocenters. The Morgan fingerprint density at radius 1 is 0.581 bits per heavy atom. The van der Waals surface area contributed by atoms with E-state index in [2.05, 4.69) is 86.9 Å². The van der Waals surface area contributed by atoms with Gasteiger partial charge in [-0.25, -0.2) is 9.36 Å². The van der Waals surface area contributed by atoms with Crippen LogP contribution in [-0.2, 0) is 70.7 Å². The number of benzene rings is 1. The van der Waals surface area contributed by atoms with Gasteiger partial charge in [-0.3, -0.25) is 33.6 Å². The molecule has 2 aromatic heterocycles. The Kier molecular flexibility index (Phi) is 30.5. The van der Waals surface area contributed by atoms with Crippen molar-refractivity contribution in [2.24, 2.45) is 5.92 Å². The van der Waals surface area contributed by atoms with Gasteiger partial charge in [0.2, 0.25) is 41.4 Å². The Morgan fingerprint density at radius 2 is 1.11 bits per heavy atom. The number of hydrogen-bond acceptors (Lipinski definition) is 14. The Morgan fingerprint density at radius 3 is 1.65 bits per heavy atom. The Hall–Kier alpha value is -6.41. The van der Waals surface area contributed by atoms with Crippen LogP contribution < -0.4 is 59.3 Å². The number of aromatic nitrogens is 6. The minimum absolute atomic E-state index is 0.0131. The molecule has 0 spiro atoms. The maximum Gasteiger partial charge on any atom is 0.243 e. The van der Waals surface area contributed by atoms with E-state index in [0.29, 0.717) is 96.1 Å². The summed E-state index contributed by atoms with van der Waals surface area (Å²) in [7, 11) is 0. The number of hydrogen-bond donors (Lipinski definition) is 11. The van der Waals surface area contributed by atoms with Gasteiger partial charge < -0.3 is 64.1 Å². The third-order valence-electron chi connectivity index (χ3n) is 11.3. The molecule has 2 heterocycles. The third-order valence-corrected chi connectivity index (χ3v) is 11.3. The highest BCUT2D eigenvalue weighted by atomic mass is 16.5. The highest BCUT2D eigenvalue weighted by molar-refractivity contribution is 5.98. The van der Waals surface area contributed by atoms with Crippen LogP contribution in [0.1, 0.15) is 89.6 Å². The van der Waals surface area contributed by atoms with Crippen molar-refractivity contribution in [2.75, 3.05) is 72.1 Å². The van der Waals surface area contributed by atoms with Gasteiger partial charge in [0.25, 0.3) is 0 Å². The predicted octanol–water partition coefficient (Wildman–Crippen LogP) is -3.71. The first kappa shape index (κ1) is 61.9. The summed E-state index contributed by atoms with van der Waals surface area (Å²) >= 11 is 0. The van der Waals surface area contributed by atoms with Crippen LogP contribution in [0.5, 0.6) is 0 Å². The molecule has 7 amide bonds. The zero-order valence-electron chi connectivity index (χ0n) is 44.1. The predicted molar refractivity (Wildman–Crippen MR) is 275 cm³/mol. The maximum atomic E-state index is 14.4. The third kappa shape index (κ3) is 26.0. The second-order valence-corrected chi connectivity index (χ2v) is 18.4. The zero-order valence-corrected chi connectivity index (χ0v) is 44.1. The molecule has 0 saturated carbocycles. The molecule has 0 radical (unpaired) electrons. The van der Waals surface area contributed by atoms with Crippen molar-refractivity contribution in [1.29, 1.82) is 0 Å². The standard InChI is InChI=1S/C49H83N17O8/c1-5-11-37-33-65(63-61-37)25-27-74-28-26-66-34-38(62-64-66)14-10-15-43(67)57-39(29-35(3)4)47(71)58-40(30-36-12-8-7-9-13-36)48(72)60-42(32-45(69)55-24-22-53-20-17-51)49(73)59-41(46(70)56-18-6-2)31-44(68)54-23-21-52-19-16-50/h7-9,12-13,33-35,39-42,52-53H,5-6,10-11,14-32,50-51H2,1-4H3,(H,54,68)(H,55,69)(H,56,70)(H,57,67)(H,58,71)(H,59,73)(H,60,72)/p+2/t39-,40+,41+,42-/m1/s1. The number of amides is 7. The summed E-state index contributed by atoms with van der Waals surface area (Å²) in [4.78, 5) is 95.9. The van der Waals surface area contributed by atoms with Gasteiger partial charge in [-0.1, -0.05) is 74.9 Å². The minimum atomic E-state index is -1.54. The van der Waals surface area contributed by atoms with E-state index < -0.39 is 72.5 Å². The molecule has 0 saturated heterocycles. The molecular weight excluding hydrogens is 955 g/mol. The quantitative estimate of drug-likeness (QED) is 0.0244. The van der Waals surface area contributed by atoms with Crippen LogP contribution in [0.2, 0.25) is 0 Å². The lowest BCUT2D eigenvalue weighted by molar-refractivity contribution is -0.365. The van der Waals surface area contributed by atoms with Crippen LogP contribution in [0.15, 0.2) is 42.7 Å². The van der Waals surface area contributed by atoms with Crippen molar-refractivity contribution < 1.29 is 49.8 Å². The van der Waals surface area contributed by atoms with Gasteiger partial charge in [-0.2, -0.15) is 0 Å². The first-order valence-electron chi connectivity index (χ1n) is 26.2. The van der Waals surface area contributed by atoms with E-state index in [1.165, 1.54) is 0 Å². The SMILES string of the molecule is CCCNC(=O)[C@H](CC(=O)NCCNCC[NH3+])NC(=O)[C@@H](CC(=O)NCCNCC[NH3+])NC(=O)[C@H](Cc1ccccc1)NC(=O)[C@@H](CC(C)C)NC(=O)CCCc1cn(CCOCCn2cc(CCC)nn2)nn1. The largest absolute Gasteiger partial charge is 0.378 e. The summed E-state index contributed by atoms with van der Waals surface area (Å²) < 4.78 is 9.20. The van der Waals surface area contributed by atoms with Crippen LogP contribution in [0.3, 0.4) is 0 Å². The van der Waals surface area contributed by atoms with Crippen molar-refractivity contribution in [3.05, 3.63) is 59.7 Å². The van der Waals surface area contributed by atoms with Crippen molar-refractivity contribution >= 4 is 41.4 Å². The lowest BCUT2D eigenvalue weighted by Crippen LogP contribution is -2.60. The minimum Gasteiger partial charge on any atom is -0.378 e. The van der Waals surface area contributed by atoms with Gasteiger partial charge in [0.05, 0.1) is 63.6 Å². The van der Waals surface area contributed by atoms with E-state index in [4.69, 9.17) is 4.74 Å². The van der Waals surface area contributed by atoms with Crippen LogP contribution in [0.25, 0.3) is 0 Å². The number of carbonyl (C=O) groups excluding carboxylic acids is 7. The highest BCUT2D eigenvalue weighted by Gasteiger charge is 2.33. The summed E-state index contributed by atoms with van der Waals surface area (Å²) in [5.74, 6) is -4.41. The number of aryl methyl sites for hydroxylation is 2. The van der Waals surface area contributed by atoms with Gasteiger partial charge >= 0.3 is 0 Å². The van der Waals surface area contributed by atoms with Crippen LogP contribution >= 0.6 is 0 Å². The van der Waals surface area contributed by atoms with E-state index in [9.17, 15) is 33.6 Å². The second-order valence-electron chi connectivity index (χ2n) is 18.4. The average Bonchev–Trinajstić information content (AvgIpc) is 4.03. The van der Waals surface area contributed by atoms with E-state index in [-0.39, 0.29) is 50.7 Å². The molecule has 0 bridgehead atoms.